The first-order valence-electron chi connectivity index (χ1n) is 8.84. The van der Waals surface area contributed by atoms with E-state index in [1.165, 1.54) is 12.1 Å². The van der Waals surface area contributed by atoms with Gasteiger partial charge in [0.15, 0.2) is 0 Å². The van der Waals surface area contributed by atoms with Crippen LogP contribution in [0, 0.1) is 11.2 Å². The van der Waals surface area contributed by atoms with Crippen LogP contribution in [-0.4, -0.2) is 46.1 Å². The Labute approximate surface area is 151 Å². The molecule has 0 bridgehead atoms. The van der Waals surface area contributed by atoms with Crippen molar-refractivity contribution in [3.8, 4) is 0 Å². The largest absolute Gasteiger partial charge is 0.339 e. The number of nitrogens with zero attached hydrogens (tertiary/aromatic N) is 4. The van der Waals surface area contributed by atoms with Gasteiger partial charge in [-0.05, 0) is 37.5 Å². The number of amides is 2. The Balaban J connectivity index is 1.45. The second kappa shape index (κ2) is 6.23. The van der Waals surface area contributed by atoms with Gasteiger partial charge in [0.25, 0.3) is 5.91 Å². The number of benzene rings is 1. The molecule has 0 radical (unpaired) electrons. The molecule has 2 aliphatic heterocycles. The van der Waals surface area contributed by atoms with E-state index < -0.39 is 11.2 Å². The van der Waals surface area contributed by atoms with Crippen LogP contribution >= 0.6 is 0 Å². The standard InChI is InChI=1S/C19H21FN4O2/c1-22-13-16(12-21-22)24-10-7-19(18(24)26)5-8-23(9-6-19)17(25)14-3-2-4-15(20)11-14/h2-4,11-13H,5-10H2,1H3. The quantitative estimate of drug-likeness (QED) is 0.829. The van der Waals surface area contributed by atoms with Gasteiger partial charge in [0, 0.05) is 38.4 Å². The summed E-state index contributed by atoms with van der Waals surface area (Å²) in [6.45, 7) is 1.71. The minimum Gasteiger partial charge on any atom is -0.339 e. The first-order valence-corrected chi connectivity index (χ1v) is 8.84. The van der Waals surface area contributed by atoms with E-state index in [-0.39, 0.29) is 11.8 Å². The third-order valence-electron chi connectivity index (χ3n) is 5.60. The third-order valence-corrected chi connectivity index (χ3v) is 5.60. The number of hydrogen-bond donors (Lipinski definition) is 0. The highest BCUT2D eigenvalue weighted by Gasteiger charge is 2.49. The molecule has 1 aromatic carbocycles. The summed E-state index contributed by atoms with van der Waals surface area (Å²) in [5.74, 6) is -0.459. The van der Waals surface area contributed by atoms with Crippen molar-refractivity contribution in [3.63, 3.8) is 0 Å². The van der Waals surface area contributed by atoms with Crippen LogP contribution in [0.1, 0.15) is 29.6 Å². The molecular weight excluding hydrogens is 335 g/mol. The molecule has 2 amide bonds. The number of anilines is 1. The lowest BCUT2D eigenvalue weighted by Crippen LogP contribution is -2.46. The summed E-state index contributed by atoms with van der Waals surface area (Å²) >= 11 is 0. The molecular formula is C19H21FN4O2. The molecule has 0 aliphatic carbocycles. The molecule has 26 heavy (non-hydrogen) atoms. The van der Waals surface area contributed by atoms with Crippen LogP contribution in [-0.2, 0) is 11.8 Å². The monoisotopic (exact) mass is 356 g/mol. The van der Waals surface area contributed by atoms with Crippen molar-refractivity contribution in [2.45, 2.75) is 19.3 Å². The number of aryl methyl sites for hydroxylation is 1. The minimum atomic E-state index is -0.414. The van der Waals surface area contributed by atoms with E-state index >= 15 is 0 Å². The van der Waals surface area contributed by atoms with Gasteiger partial charge in [0.1, 0.15) is 5.82 Å². The van der Waals surface area contributed by atoms with Crippen LogP contribution in [0.5, 0.6) is 0 Å². The maximum absolute atomic E-state index is 13.4. The van der Waals surface area contributed by atoms with Crippen LogP contribution in [0.3, 0.4) is 0 Å². The Morgan fingerprint density at radius 1 is 1.19 bits per heavy atom. The first kappa shape index (κ1) is 16.8. The van der Waals surface area contributed by atoms with Crippen LogP contribution in [0.4, 0.5) is 10.1 Å². The normalized spacial score (nSPS) is 19.4. The fraction of sp³-hybridized carbons (Fsp3) is 0.421. The van der Waals surface area contributed by atoms with Gasteiger partial charge in [-0.15, -0.1) is 0 Å². The summed E-state index contributed by atoms with van der Waals surface area (Å²) in [5, 5.41) is 4.14. The first-order chi connectivity index (χ1) is 12.5. The van der Waals surface area contributed by atoms with Crippen molar-refractivity contribution in [1.82, 2.24) is 14.7 Å². The maximum atomic E-state index is 13.4. The molecule has 136 valence electrons. The maximum Gasteiger partial charge on any atom is 0.253 e. The zero-order chi connectivity index (χ0) is 18.3. The Morgan fingerprint density at radius 3 is 2.58 bits per heavy atom. The number of carbonyl (C=O) groups is 2. The van der Waals surface area contributed by atoms with Crippen molar-refractivity contribution < 1.29 is 14.0 Å². The van der Waals surface area contributed by atoms with E-state index in [1.807, 2.05) is 13.2 Å². The Kier molecular flexibility index (Phi) is 4.01. The summed E-state index contributed by atoms with van der Waals surface area (Å²) in [5.41, 5.74) is 0.789. The molecule has 0 atom stereocenters. The second-order valence-electron chi connectivity index (χ2n) is 7.16. The Hall–Kier alpha value is -2.70. The van der Waals surface area contributed by atoms with Crippen molar-refractivity contribution >= 4 is 17.5 Å². The van der Waals surface area contributed by atoms with Crippen LogP contribution < -0.4 is 4.90 Å². The van der Waals surface area contributed by atoms with Crippen LogP contribution in [0.2, 0.25) is 0 Å². The zero-order valence-corrected chi connectivity index (χ0v) is 14.7. The molecule has 0 N–H and O–H groups in total. The third kappa shape index (κ3) is 2.77. The lowest BCUT2D eigenvalue weighted by atomic mass is 9.77. The van der Waals surface area contributed by atoms with Gasteiger partial charge >= 0.3 is 0 Å². The Morgan fingerprint density at radius 2 is 1.92 bits per heavy atom. The number of aromatic nitrogens is 2. The van der Waals surface area contributed by atoms with Crippen LogP contribution in [0.25, 0.3) is 0 Å². The van der Waals surface area contributed by atoms with E-state index in [1.54, 1.807) is 32.8 Å². The molecule has 6 nitrogen and oxygen atoms in total. The van der Waals surface area contributed by atoms with E-state index in [0.29, 0.717) is 38.0 Å². The zero-order valence-electron chi connectivity index (χ0n) is 14.7. The van der Waals surface area contributed by atoms with Gasteiger partial charge in [-0.25, -0.2) is 4.39 Å². The van der Waals surface area contributed by atoms with E-state index in [2.05, 4.69) is 5.10 Å². The molecule has 2 saturated heterocycles. The average molecular weight is 356 g/mol. The smallest absolute Gasteiger partial charge is 0.253 e. The highest BCUT2D eigenvalue weighted by Crippen LogP contribution is 2.43. The fourth-order valence-corrected chi connectivity index (χ4v) is 4.02. The highest BCUT2D eigenvalue weighted by molar-refractivity contribution is 6.00. The van der Waals surface area contributed by atoms with E-state index in [0.717, 1.165) is 12.1 Å². The molecule has 2 aromatic rings. The predicted octanol–water partition coefficient (Wildman–Crippen LogP) is 2.22. The van der Waals surface area contributed by atoms with Gasteiger partial charge in [0.05, 0.1) is 17.3 Å². The number of carbonyl (C=O) groups excluding carboxylic acids is 2. The summed E-state index contributed by atoms with van der Waals surface area (Å²) < 4.78 is 15.1. The number of rotatable bonds is 2. The second-order valence-corrected chi connectivity index (χ2v) is 7.16. The van der Waals surface area contributed by atoms with E-state index in [4.69, 9.17) is 0 Å². The number of likely N-dealkylation sites (tertiary alicyclic amines) is 1. The van der Waals surface area contributed by atoms with Gasteiger partial charge < -0.3 is 9.80 Å². The fourth-order valence-electron chi connectivity index (χ4n) is 4.02. The summed E-state index contributed by atoms with van der Waals surface area (Å²) in [6.07, 6.45) is 5.63. The summed E-state index contributed by atoms with van der Waals surface area (Å²) in [7, 11) is 1.83. The van der Waals surface area contributed by atoms with Gasteiger partial charge in [-0.1, -0.05) is 6.07 Å². The molecule has 4 rings (SSSR count). The number of hydrogen-bond acceptors (Lipinski definition) is 3. The average Bonchev–Trinajstić information content (AvgIpc) is 3.20. The van der Waals surface area contributed by atoms with Crippen molar-refractivity contribution in [3.05, 3.63) is 48.0 Å². The molecule has 1 aromatic heterocycles. The molecule has 2 fully saturated rings. The minimum absolute atomic E-state index is 0.128. The van der Waals surface area contributed by atoms with E-state index in [9.17, 15) is 14.0 Å². The molecule has 0 unspecified atom stereocenters. The summed E-state index contributed by atoms with van der Waals surface area (Å²) in [4.78, 5) is 29.1. The lowest BCUT2D eigenvalue weighted by molar-refractivity contribution is -0.127. The SMILES string of the molecule is Cn1cc(N2CCC3(CCN(C(=O)c4cccc(F)c4)CC3)C2=O)cn1. The topological polar surface area (TPSA) is 58.4 Å². The molecule has 0 saturated carbocycles. The van der Waals surface area contributed by atoms with Crippen LogP contribution in [0.15, 0.2) is 36.7 Å². The lowest BCUT2D eigenvalue weighted by Gasteiger charge is -2.38. The van der Waals surface area contributed by atoms with Crippen molar-refractivity contribution in [2.24, 2.45) is 12.5 Å². The van der Waals surface area contributed by atoms with Crippen molar-refractivity contribution in [1.29, 1.82) is 0 Å². The molecule has 1 spiro atoms. The molecule has 2 aliphatic rings. The predicted molar refractivity (Wildman–Crippen MR) is 94.1 cm³/mol. The molecule has 3 heterocycles. The number of piperidine rings is 1. The summed E-state index contributed by atoms with van der Waals surface area (Å²) in [6, 6.07) is 5.75. The van der Waals surface area contributed by atoms with Gasteiger partial charge in [-0.3, -0.25) is 14.3 Å². The molecule has 7 heteroatoms. The van der Waals surface area contributed by atoms with Gasteiger partial charge in [-0.2, -0.15) is 5.10 Å². The highest BCUT2D eigenvalue weighted by atomic mass is 19.1. The number of halogens is 1. The van der Waals surface area contributed by atoms with Crippen molar-refractivity contribution in [2.75, 3.05) is 24.5 Å². The Bertz CT molecular complexity index is 855. The van der Waals surface area contributed by atoms with Gasteiger partial charge in [0.2, 0.25) is 5.91 Å².